The van der Waals surface area contributed by atoms with Gasteiger partial charge in [0.05, 0.1) is 15.5 Å². The highest BCUT2D eigenvalue weighted by molar-refractivity contribution is 8.18. The van der Waals surface area contributed by atoms with Crippen LogP contribution >= 0.6 is 23.4 Å². The molecule has 4 rings (SSSR count). The largest absolute Gasteiger partial charge is 0.341 e. The average Bonchev–Trinajstić information content (AvgIpc) is 3.45. The zero-order chi connectivity index (χ0) is 23.9. The lowest BCUT2D eigenvalue weighted by molar-refractivity contribution is -0.384. The fourth-order valence-corrected chi connectivity index (χ4v) is 5.11. The van der Waals surface area contributed by atoms with Crippen LogP contribution in [0.3, 0.4) is 0 Å². The highest BCUT2D eigenvalue weighted by Crippen LogP contribution is 2.34. The van der Waals surface area contributed by atoms with Gasteiger partial charge in [-0.2, -0.15) is 0 Å². The summed E-state index contributed by atoms with van der Waals surface area (Å²) in [7, 11) is 0. The molecule has 0 atom stereocenters. The molecule has 9 nitrogen and oxygen atoms in total. The van der Waals surface area contributed by atoms with E-state index in [-0.39, 0.29) is 28.1 Å². The Morgan fingerprint density at radius 1 is 1.21 bits per heavy atom. The van der Waals surface area contributed by atoms with Crippen molar-refractivity contribution < 1.29 is 19.3 Å². The van der Waals surface area contributed by atoms with Crippen LogP contribution in [-0.4, -0.2) is 56.0 Å². The van der Waals surface area contributed by atoms with E-state index in [0.717, 1.165) is 40.9 Å². The van der Waals surface area contributed by atoms with Crippen molar-refractivity contribution >= 4 is 52.2 Å². The molecular formula is C22H21ClN4O5S. The molecular weight excluding hydrogens is 468 g/mol. The van der Waals surface area contributed by atoms with Gasteiger partial charge < -0.3 is 9.47 Å². The van der Waals surface area contributed by atoms with Crippen LogP contribution in [-0.2, 0) is 9.59 Å². The Kier molecular flexibility index (Phi) is 6.31. The summed E-state index contributed by atoms with van der Waals surface area (Å²) in [4.78, 5) is 51.3. The molecule has 2 fully saturated rings. The molecule has 1 aromatic heterocycles. The molecule has 2 aliphatic heterocycles. The molecule has 2 aromatic rings. The van der Waals surface area contributed by atoms with E-state index in [9.17, 15) is 24.5 Å². The van der Waals surface area contributed by atoms with Crippen LogP contribution < -0.4 is 0 Å². The first-order valence-electron chi connectivity index (χ1n) is 10.3. The first kappa shape index (κ1) is 23.1. The number of nitro groups is 1. The molecule has 1 aromatic carbocycles. The van der Waals surface area contributed by atoms with E-state index in [4.69, 9.17) is 11.6 Å². The zero-order valence-electron chi connectivity index (χ0n) is 18.0. The molecule has 0 radical (unpaired) electrons. The van der Waals surface area contributed by atoms with Gasteiger partial charge in [0.2, 0.25) is 5.91 Å². The SMILES string of the molecule is Cc1cc(/C=C2\SC(=O)N(CC(=O)N3CCCC3)C2=O)c(C)n1-c1ccc(Cl)c([N+](=O)[O-])c1. The second-order valence-electron chi connectivity index (χ2n) is 7.91. The summed E-state index contributed by atoms with van der Waals surface area (Å²) in [5.41, 5.74) is 2.58. The normalized spacial score (nSPS) is 17.5. The predicted molar refractivity (Wildman–Crippen MR) is 125 cm³/mol. The van der Waals surface area contributed by atoms with Crippen molar-refractivity contribution in [1.82, 2.24) is 14.4 Å². The standard InChI is InChI=1S/C22H21ClN4O5S/c1-13-9-15(14(2)26(13)16-5-6-17(23)18(11-16)27(31)32)10-19-21(29)25(22(30)33-19)12-20(28)24-7-3-4-8-24/h5-6,9-11H,3-4,7-8,12H2,1-2H3/b19-10-. The van der Waals surface area contributed by atoms with E-state index in [1.54, 1.807) is 17.0 Å². The first-order valence-corrected chi connectivity index (χ1v) is 11.5. The second kappa shape index (κ2) is 9.03. The lowest BCUT2D eigenvalue weighted by Crippen LogP contribution is -2.40. The van der Waals surface area contributed by atoms with Crippen LogP contribution in [0, 0.1) is 24.0 Å². The third kappa shape index (κ3) is 4.40. The van der Waals surface area contributed by atoms with Gasteiger partial charge in [-0.05, 0) is 68.3 Å². The molecule has 0 N–H and O–H groups in total. The Hall–Kier alpha value is -3.11. The van der Waals surface area contributed by atoms with E-state index < -0.39 is 16.1 Å². The molecule has 11 heteroatoms. The quantitative estimate of drug-likeness (QED) is 0.352. The van der Waals surface area contributed by atoms with Crippen LogP contribution in [0.1, 0.15) is 29.8 Å². The number of likely N-dealkylation sites (tertiary alicyclic amines) is 1. The topological polar surface area (TPSA) is 106 Å². The molecule has 33 heavy (non-hydrogen) atoms. The van der Waals surface area contributed by atoms with Crippen molar-refractivity contribution in [2.24, 2.45) is 0 Å². The Morgan fingerprint density at radius 2 is 1.91 bits per heavy atom. The van der Waals surface area contributed by atoms with Crippen LogP contribution in [0.4, 0.5) is 10.5 Å². The molecule has 2 aliphatic rings. The number of thioether (sulfide) groups is 1. The monoisotopic (exact) mass is 488 g/mol. The molecule has 0 spiro atoms. The number of amides is 3. The third-order valence-electron chi connectivity index (χ3n) is 5.77. The number of imide groups is 1. The van der Waals surface area contributed by atoms with Crippen molar-refractivity contribution in [3.8, 4) is 5.69 Å². The van der Waals surface area contributed by atoms with E-state index in [1.807, 2.05) is 24.5 Å². The number of hydrogen-bond acceptors (Lipinski definition) is 6. The van der Waals surface area contributed by atoms with E-state index in [2.05, 4.69) is 0 Å². The van der Waals surface area contributed by atoms with Crippen molar-refractivity contribution in [2.45, 2.75) is 26.7 Å². The van der Waals surface area contributed by atoms with Crippen LogP contribution in [0.2, 0.25) is 5.02 Å². The number of benzene rings is 1. The third-order valence-corrected chi connectivity index (χ3v) is 6.99. The maximum absolute atomic E-state index is 12.8. The van der Waals surface area contributed by atoms with Crippen molar-refractivity contribution in [3.05, 3.63) is 61.3 Å². The second-order valence-corrected chi connectivity index (χ2v) is 9.31. The average molecular weight is 489 g/mol. The smallest absolute Gasteiger partial charge is 0.294 e. The van der Waals surface area contributed by atoms with Gasteiger partial charge in [0.1, 0.15) is 11.6 Å². The fraction of sp³-hybridized carbons (Fsp3) is 0.318. The number of carbonyl (C=O) groups excluding carboxylic acids is 3. The van der Waals surface area contributed by atoms with Gasteiger partial charge in [-0.25, -0.2) is 0 Å². The first-order chi connectivity index (χ1) is 15.7. The number of hydrogen-bond donors (Lipinski definition) is 0. The molecule has 0 aliphatic carbocycles. The molecule has 3 amide bonds. The van der Waals surface area contributed by atoms with Gasteiger partial charge in [0, 0.05) is 30.5 Å². The van der Waals surface area contributed by atoms with Crippen molar-refractivity contribution in [3.63, 3.8) is 0 Å². The molecule has 0 saturated carbocycles. The summed E-state index contributed by atoms with van der Waals surface area (Å²) < 4.78 is 1.82. The summed E-state index contributed by atoms with van der Waals surface area (Å²) in [6.45, 7) is 4.71. The minimum absolute atomic E-state index is 0.0450. The highest BCUT2D eigenvalue weighted by Gasteiger charge is 2.37. The Labute approximate surface area is 199 Å². The van der Waals surface area contributed by atoms with Gasteiger partial charge in [0.15, 0.2) is 0 Å². The highest BCUT2D eigenvalue weighted by atomic mass is 35.5. The summed E-state index contributed by atoms with van der Waals surface area (Å²) in [6, 6.07) is 6.37. The number of halogens is 1. The zero-order valence-corrected chi connectivity index (χ0v) is 19.6. The minimum Gasteiger partial charge on any atom is -0.341 e. The molecule has 0 bridgehead atoms. The number of aromatic nitrogens is 1. The summed E-state index contributed by atoms with van der Waals surface area (Å²) in [5.74, 6) is -0.719. The number of aryl methyl sites for hydroxylation is 1. The maximum atomic E-state index is 12.8. The Bertz CT molecular complexity index is 1220. The van der Waals surface area contributed by atoms with Gasteiger partial charge in [-0.3, -0.25) is 29.4 Å². The van der Waals surface area contributed by atoms with Gasteiger partial charge in [-0.1, -0.05) is 11.6 Å². The number of rotatable bonds is 5. The molecule has 0 unspecified atom stereocenters. The van der Waals surface area contributed by atoms with Crippen molar-refractivity contribution in [1.29, 1.82) is 0 Å². The van der Waals surface area contributed by atoms with Crippen LogP contribution in [0.15, 0.2) is 29.2 Å². The molecule has 172 valence electrons. The Balaban J connectivity index is 1.61. The van der Waals surface area contributed by atoms with Crippen LogP contribution in [0.25, 0.3) is 11.8 Å². The lowest BCUT2D eigenvalue weighted by atomic mass is 10.2. The molecule has 3 heterocycles. The van der Waals surface area contributed by atoms with E-state index in [1.165, 1.54) is 12.1 Å². The minimum atomic E-state index is -0.541. The predicted octanol–water partition coefficient (Wildman–Crippen LogP) is 4.31. The van der Waals surface area contributed by atoms with E-state index >= 15 is 0 Å². The van der Waals surface area contributed by atoms with Gasteiger partial charge in [0.25, 0.3) is 16.8 Å². The lowest BCUT2D eigenvalue weighted by Gasteiger charge is -2.18. The van der Waals surface area contributed by atoms with E-state index in [0.29, 0.717) is 24.3 Å². The fourth-order valence-electron chi connectivity index (χ4n) is 4.09. The summed E-state index contributed by atoms with van der Waals surface area (Å²) >= 11 is 6.73. The maximum Gasteiger partial charge on any atom is 0.294 e. The number of carbonyl (C=O) groups is 3. The summed E-state index contributed by atoms with van der Waals surface area (Å²) in [6.07, 6.45) is 3.48. The van der Waals surface area contributed by atoms with Crippen LogP contribution in [0.5, 0.6) is 0 Å². The number of nitro benzene ring substituents is 1. The van der Waals surface area contributed by atoms with Gasteiger partial charge in [-0.15, -0.1) is 0 Å². The van der Waals surface area contributed by atoms with Crippen molar-refractivity contribution in [2.75, 3.05) is 19.6 Å². The molecule has 2 saturated heterocycles. The van der Waals surface area contributed by atoms with Gasteiger partial charge >= 0.3 is 0 Å². The summed E-state index contributed by atoms with van der Waals surface area (Å²) in [5, 5.41) is 10.8. The number of nitrogens with zero attached hydrogens (tertiary/aromatic N) is 4. The Morgan fingerprint density at radius 3 is 2.58 bits per heavy atom.